The van der Waals surface area contributed by atoms with Crippen LogP contribution < -0.4 is 5.32 Å². The van der Waals surface area contributed by atoms with E-state index in [0.29, 0.717) is 24.4 Å². The van der Waals surface area contributed by atoms with Crippen molar-refractivity contribution in [2.45, 2.75) is 19.8 Å². The minimum atomic E-state index is -0.421. The van der Waals surface area contributed by atoms with Crippen LogP contribution in [0.5, 0.6) is 0 Å². The van der Waals surface area contributed by atoms with Crippen LogP contribution in [0.2, 0.25) is 0 Å². The summed E-state index contributed by atoms with van der Waals surface area (Å²) in [6.45, 7) is 5.67. The summed E-state index contributed by atoms with van der Waals surface area (Å²) in [5.41, 5.74) is 0.358. The second kappa shape index (κ2) is 8.82. The zero-order valence-electron chi connectivity index (χ0n) is 13.8. The van der Waals surface area contributed by atoms with E-state index in [1.807, 2.05) is 14.0 Å². The van der Waals surface area contributed by atoms with Gasteiger partial charge in [-0.1, -0.05) is 0 Å². The molecular formula is C17H25F2N3O. The van der Waals surface area contributed by atoms with Crippen LogP contribution in [0.4, 0.5) is 8.78 Å². The van der Waals surface area contributed by atoms with Crippen molar-refractivity contribution in [1.29, 1.82) is 0 Å². The molecule has 1 aliphatic rings. The smallest absolute Gasteiger partial charge is 0.193 e. The second-order valence-corrected chi connectivity index (χ2v) is 5.83. The summed E-state index contributed by atoms with van der Waals surface area (Å²) in [6, 6.07) is 3.52. The van der Waals surface area contributed by atoms with Gasteiger partial charge >= 0.3 is 0 Å². The molecule has 0 aromatic heterocycles. The number of aliphatic imine (C=N–C) groups is 1. The highest BCUT2D eigenvalue weighted by Gasteiger charge is 2.19. The molecule has 6 heteroatoms. The Bertz CT molecular complexity index is 531. The average molecular weight is 325 g/mol. The Morgan fingerprint density at radius 3 is 2.96 bits per heavy atom. The monoisotopic (exact) mass is 325 g/mol. The normalized spacial score (nSPS) is 18.3. The van der Waals surface area contributed by atoms with Gasteiger partial charge < -0.3 is 15.0 Å². The van der Waals surface area contributed by atoms with E-state index in [4.69, 9.17) is 4.74 Å². The van der Waals surface area contributed by atoms with E-state index in [1.54, 1.807) is 0 Å². The lowest BCUT2D eigenvalue weighted by molar-refractivity contribution is 0.181. The van der Waals surface area contributed by atoms with Crippen molar-refractivity contribution in [1.82, 2.24) is 10.2 Å². The molecule has 0 amide bonds. The molecule has 1 unspecified atom stereocenters. The fourth-order valence-corrected chi connectivity index (χ4v) is 2.69. The van der Waals surface area contributed by atoms with Crippen molar-refractivity contribution in [3.8, 4) is 0 Å². The maximum atomic E-state index is 13.6. The first-order chi connectivity index (χ1) is 11.1. The molecule has 2 rings (SSSR count). The van der Waals surface area contributed by atoms with E-state index in [2.05, 4.69) is 15.2 Å². The van der Waals surface area contributed by atoms with Crippen LogP contribution in [-0.4, -0.2) is 50.8 Å². The maximum absolute atomic E-state index is 13.6. The molecule has 0 saturated carbocycles. The summed E-state index contributed by atoms with van der Waals surface area (Å²) in [4.78, 5) is 6.60. The number of hydrogen-bond acceptors (Lipinski definition) is 2. The predicted octanol–water partition coefficient (Wildman–Crippen LogP) is 2.44. The van der Waals surface area contributed by atoms with Crippen LogP contribution in [-0.2, 0) is 11.2 Å². The van der Waals surface area contributed by atoms with Crippen molar-refractivity contribution in [2.24, 2.45) is 10.9 Å². The van der Waals surface area contributed by atoms with Crippen LogP contribution in [0.1, 0.15) is 18.9 Å². The van der Waals surface area contributed by atoms with Crippen LogP contribution in [0.25, 0.3) is 0 Å². The topological polar surface area (TPSA) is 36.9 Å². The van der Waals surface area contributed by atoms with Crippen molar-refractivity contribution in [3.05, 3.63) is 35.4 Å². The molecule has 128 valence electrons. The number of nitrogens with one attached hydrogen (secondary N) is 1. The molecule has 1 aromatic carbocycles. The highest BCUT2D eigenvalue weighted by atomic mass is 19.1. The van der Waals surface area contributed by atoms with Gasteiger partial charge in [-0.25, -0.2) is 8.78 Å². The zero-order chi connectivity index (χ0) is 16.7. The van der Waals surface area contributed by atoms with E-state index < -0.39 is 5.82 Å². The maximum Gasteiger partial charge on any atom is 0.193 e. The second-order valence-electron chi connectivity index (χ2n) is 5.83. The highest BCUT2D eigenvalue weighted by Crippen LogP contribution is 2.13. The van der Waals surface area contributed by atoms with E-state index in [0.717, 1.165) is 50.8 Å². The van der Waals surface area contributed by atoms with Crippen molar-refractivity contribution >= 4 is 5.96 Å². The number of ether oxygens (including phenoxy) is 1. The number of rotatable bonds is 6. The average Bonchev–Trinajstić information content (AvgIpc) is 3.02. The van der Waals surface area contributed by atoms with Gasteiger partial charge in [0.1, 0.15) is 11.6 Å². The molecule has 1 aliphatic heterocycles. The van der Waals surface area contributed by atoms with Crippen molar-refractivity contribution in [2.75, 3.05) is 39.9 Å². The molecule has 23 heavy (non-hydrogen) atoms. The summed E-state index contributed by atoms with van der Waals surface area (Å²) in [7, 11) is 1.99. The lowest BCUT2D eigenvalue weighted by atomic mass is 10.1. The SMILES string of the molecule is CCNC(=NCCc1cc(F)ccc1F)N(C)CC1CCOC1. The lowest BCUT2D eigenvalue weighted by Gasteiger charge is -2.24. The van der Waals surface area contributed by atoms with Crippen LogP contribution in [0.3, 0.4) is 0 Å². The zero-order valence-corrected chi connectivity index (χ0v) is 13.8. The Morgan fingerprint density at radius 2 is 2.26 bits per heavy atom. The summed E-state index contributed by atoms with van der Waals surface area (Å²) >= 11 is 0. The molecular weight excluding hydrogens is 300 g/mol. The number of guanidine groups is 1. The van der Waals surface area contributed by atoms with E-state index in [9.17, 15) is 8.78 Å². The van der Waals surface area contributed by atoms with E-state index in [-0.39, 0.29) is 5.82 Å². The quantitative estimate of drug-likeness (QED) is 0.645. The van der Waals surface area contributed by atoms with Gasteiger partial charge in [0.05, 0.1) is 6.61 Å². The molecule has 0 bridgehead atoms. The first kappa shape index (κ1) is 17.7. The van der Waals surface area contributed by atoms with Crippen molar-refractivity contribution < 1.29 is 13.5 Å². The third-order valence-electron chi connectivity index (χ3n) is 3.90. The molecule has 1 heterocycles. The summed E-state index contributed by atoms with van der Waals surface area (Å²) in [5, 5.41) is 3.24. The Hall–Kier alpha value is -1.69. The largest absolute Gasteiger partial charge is 0.381 e. The molecule has 4 nitrogen and oxygen atoms in total. The number of hydrogen-bond donors (Lipinski definition) is 1. The highest BCUT2D eigenvalue weighted by molar-refractivity contribution is 5.79. The van der Waals surface area contributed by atoms with Crippen LogP contribution in [0.15, 0.2) is 23.2 Å². The fourth-order valence-electron chi connectivity index (χ4n) is 2.69. The first-order valence-electron chi connectivity index (χ1n) is 8.11. The van der Waals surface area contributed by atoms with Crippen LogP contribution >= 0.6 is 0 Å². The molecule has 1 aromatic rings. The molecule has 1 atom stereocenters. The van der Waals surface area contributed by atoms with Gasteiger partial charge in [0.2, 0.25) is 0 Å². The van der Waals surface area contributed by atoms with E-state index in [1.165, 1.54) is 6.07 Å². The summed E-state index contributed by atoms with van der Waals surface area (Å²) < 4.78 is 32.2. The number of halogens is 2. The van der Waals surface area contributed by atoms with E-state index >= 15 is 0 Å². The van der Waals surface area contributed by atoms with Gasteiger partial charge in [-0.2, -0.15) is 0 Å². The third kappa shape index (κ3) is 5.46. The van der Waals surface area contributed by atoms with Gasteiger partial charge in [0.15, 0.2) is 5.96 Å². The van der Waals surface area contributed by atoms with Gasteiger partial charge in [-0.3, -0.25) is 4.99 Å². The molecule has 0 aliphatic carbocycles. The third-order valence-corrected chi connectivity index (χ3v) is 3.90. The minimum Gasteiger partial charge on any atom is -0.381 e. The Balaban J connectivity index is 1.93. The fraction of sp³-hybridized carbons (Fsp3) is 0.588. The lowest BCUT2D eigenvalue weighted by Crippen LogP contribution is -2.41. The van der Waals surface area contributed by atoms with Crippen molar-refractivity contribution in [3.63, 3.8) is 0 Å². The van der Waals surface area contributed by atoms with Gasteiger partial charge in [-0.15, -0.1) is 0 Å². The van der Waals surface area contributed by atoms with Crippen LogP contribution in [0, 0.1) is 17.6 Å². The predicted molar refractivity (Wildman–Crippen MR) is 87.6 cm³/mol. The Labute approximate surface area is 136 Å². The van der Waals surface area contributed by atoms with Gasteiger partial charge in [0, 0.05) is 39.2 Å². The molecule has 1 fully saturated rings. The Morgan fingerprint density at radius 1 is 1.43 bits per heavy atom. The number of nitrogens with zero attached hydrogens (tertiary/aromatic N) is 2. The standard InChI is InChI=1S/C17H25F2N3O/c1-3-20-17(22(2)11-13-7-9-23-12-13)21-8-6-14-10-15(18)4-5-16(14)19/h4-5,10,13H,3,6-9,11-12H2,1-2H3,(H,20,21). The number of benzene rings is 1. The molecule has 0 spiro atoms. The minimum absolute atomic E-state index is 0.358. The Kier molecular flexibility index (Phi) is 6.77. The molecule has 0 radical (unpaired) electrons. The molecule has 1 saturated heterocycles. The molecule has 1 N–H and O–H groups in total. The van der Waals surface area contributed by atoms with Gasteiger partial charge in [-0.05, 0) is 43.5 Å². The first-order valence-corrected chi connectivity index (χ1v) is 8.11. The van der Waals surface area contributed by atoms with Gasteiger partial charge in [0.25, 0.3) is 0 Å². The summed E-state index contributed by atoms with van der Waals surface area (Å²) in [6.07, 6.45) is 1.44. The summed E-state index contributed by atoms with van der Waals surface area (Å²) in [5.74, 6) is 0.499.